The Kier molecular flexibility index (Phi) is 7.74. The standard InChI is InChI=1S/C16H31NO4Si2/c1-16(2,3)23(7,8)21-14(12-18)13(17-15(19)20)10-9-11-22(4,5)6/h12-14,17H,10H2,1-8H3,(H,19,20)/t13-,14+/m0/s1. The van der Waals surface area contributed by atoms with Gasteiger partial charge in [-0.25, -0.2) is 4.79 Å². The van der Waals surface area contributed by atoms with Crippen LogP contribution >= 0.6 is 0 Å². The lowest BCUT2D eigenvalue weighted by atomic mass is 10.1. The average Bonchev–Trinajstić information content (AvgIpc) is 2.31. The van der Waals surface area contributed by atoms with Crippen molar-refractivity contribution in [2.45, 2.75) is 77.1 Å². The van der Waals surface area contributed by atoms with Gasteiger partial charge in [0.15, 0.2) is 8.32 Å². The molecule has 0 aliphatic rings. The largest absolute Gasteiger partial charge is 0.465 e. The number of rotatable bonds is 6. The van der Waals surface area contributed by atoms with E-state index < -0.39 is 34.6 Å². The minimum Gasteiger partial charge on any atom is -0.465 e. The van der Waals surface area contributed by atoms with E-state index in [1.54, 1.807) is 0 Å². The zero-order valence-corrected chi connectivity index (χ0v) is 17.6. The van der Waals surface area contributed by atoms with Crippen LogP contribution in [0.15, 0.2) is 0 Å². The van der Waals surface area contributed by atoms with Gasteiger partial charge in [-0.05, 0) is 18.1 Å². The third kappa shape index (κ3) is 8.35. The van der Waals surface area contributed by atoms with Crippen LogP contribution in [0.4, 0.5) is 4.79 Å². The molecule has 23 heavy (non-hydrogen) atoms. The first-order valence-electron chi connectivity index (χ1n) is 7.82. The smallest absolute Gasteiger partial charge is 0.405 e. The molecule has 0 aromatic carbocycles. The number of hydrogen-bond acceptors (Lipinski definition) is 3. The van der Waals surface area contributed by atoms with Gasteiger partial charge in [0.05, 0.1) is 6.04 Å². The van der Waals surface area contributed by atoms with Crippen molar-refractivity contribution in [3.05, 3.63) is 0 Å². The maximum absolute atomic E-state index is 11.5. The van der Waals surface area contributed by atoms with Crippen molar-refractivity contribution in [3.63, 3.8) is 0 Å². The summed E-state index contributed by atoms with van der Waals surface area (Å²) in [4.78, 5) is 22.6. The van der Waals surface area contributed by atoms with Crippen molar-refractivity contribution < 1.29 is 19.1 Å². The summed E-state index contributed by atoms with van der Waals surface area (Å²) < 4.78 is 6.09. The molecular formula is C16H31NO4Si2. The molecule has 0 heterocycles. The van der Waals surface area contributed by atoms with Crippen LogP contribution in [0.25, 0.3) is 0 Å². The second kappa shape index (κ2) is 8.13. The highest BCUT2D eigenvalue weighted by Crippen LogP contribution is 2.37. The number of carbonyl (C=O) groups excluding carboxylic acids is 1. The Balaban J connectivity index is 5.28. The van der Waals surface area contributed by atoms with E-state index >= 15 is 0 Å². The maximum Gasteiger partial charge on any atom is 0.405 e. The highest BCUT2D eigenvalue weighted by atomic mass is 28.4. The Morgan fingerprint density at radius 3 is 2.13 bits per heavy atom. The quantitative estimate of drug-likeness (QED) is 0.433. The molecule has 0 aromatic rings. The van der Waals surface area contributed by atoms with Gasteiger partial charge in [-0.3, -0.25) is 0 Å². The van der Waals surface area contributed by atoms with Crippen LogP contribution in [0.5, 0.6) is 0 Å². The minimum atomic E-state index is -2.18. The first-order valence-corrected chi connectivity index (χ1v) is 14.2. The molecule has 0 radical (unpaired) electrons. The van der Waals surface area contributed by atoms with E-state index in [1.807, 2.05) is 13.1 Å². The molecule has 0 fully saturated rings. The monoisotopic (exact) mass is 357 g/mol. The Hall–Kier alpha value is -1.11. The normalized spacial score (nSPS) is 15.1. The Labute approximate surface area is 142 Å². The maximum atomic E-state index is 11.5. The average molecular weight is 358 g/mol. The summed E-state index contributed by atoms with van der Waals surface area (Å²) >= 11 is 0. The van der Waals surface area contributed by atoms with Crippen LogP contribution in [0.1, 0.15) is 27.2 Å². The minimum absolute atomic E-state index is 0.0635. The van der Waals surface area contributed by atoms with E-state index in [9.17, 15) is 9.59 Å². The summed E-state index contributed by atoms with van der Waals surface area (Å²) in [6.07, 6.45) is -1.02. The van der Waals surface area contributed by atoms with Crippen molar-refractivity contribution in [1.82, 2.24) is 5.32 Å². The van der Waals surface area contributed by atoms with Crippen molar-refractivity contribution in [3.8, 4) is 11.5 Å². The lowest BCUT2D eigenvalue weighted by Crippen LogP contribution is -2.52. The summed E-state index contributed by atoms with van der Waals surface area (Å²) in [6.45, 7) is 16.6. The molecule has 0 bridgehead atoms. The molecule has 0 aromatic heterocycles. The van der Waals surface area contributed by atoms with E-state index in [4.69, 9.17) is 9.53 Å². The predicted octanol–water partition coefficient (Wildman–Crippen LogP) is 3.48. The van der Waals surface area contributed by atoms with Crippen molar-refractivity contribution >= 4 is 28.8 Å². The summed E-state index contributed by atoms with van der Waals surface area (Å²) in [5.74, 6) is 3.03. The number of carboxylic acid groups (broad SMARTS) is 1. The number of carbonyl (C=O) groups is 2. The molecule has 132 valence electrons. The van der Waals surface area contributed by atoms with E-state index in [0.29, 0.717) is 6.29 Å². The van der Waals surface area contributed by atoms with E-state index in [0.717, 1.165) is 0 Å². The summed E-state index contributed by atoms with van der Waals surface area (Å²) in [5.41, 5.74) is 3.19. The van der Waals surface area contributed by atoms with Gasteiger partial charge in [-0.2, -0.15) is 0 Å². The summed E-state index contributed by atoms with van der Waals surface area (Å²) in [6, 6.07) is -0.650. The fourth-order valence-electron chi connectivity index (χ4n) is 1.56. The molecule has 0 spiro atoms. The second-order valence-corrected chi connectivity index (χ2v) is 17.8. The second-order valence-electron chi connectivity index (χ2n) is 8.29. The van der Waals surface area contributed by atoms with Crippen LogP contribution in [0.2, 0.25) is 37.8 Å². The first kappa shape index (κ1) is 21.9. The third-order valence-electron chi connectivity index (χ3n) is 3.86. The molecule has 0 rings (SSSR count). The molecule has 5 nitrogen and oxygen atoms in total. The van der Waals surface area contributed by atoms with Crippen LogP contribution in [0, 0.1) is 11.5 Å². The van der Waals surface area contributed by atoms with Crippen LogP contribution in [-0.4, -0.2) is 46.0 Å². The SMILES string of the molecule is CC(C)(C)[Si](C)(C)O[C@H](C=O)[C@H](CC#C[Si](C)(C)C)NC(=O)O. The van der Waals surface area contributed by atoms with Gasteiger partial charge in [0, 0.05) is 6.42 Å². The Morgan fingerprint density at radius 2 is 1.78 bits per heavy atom. The highest BCUT2D eigenvalue weighted by molar-refractivity contribution is 6.83. The predicted molar refractivity (Wildman–Crippen MR) is 98.8 cm³/mol. The number of amides is 1. The van der Waals surface area contributed by atoms with Crippen LogP contribution < -0.4 is 5.32 Å². The van der Waals surface area contributed by atoms with Crippen molar-refractivity contribution in [2.24, 2.45) is 0 Å². The van der Waals surface area contributed by atoms with Crippen LogP contribution in [0.3, 0.4) is 0 Å². The molecule has 0 saturated heterocycles. The zero-order chi connectivity index (χ0) is 18.5. The molecule has 0 aliphatic heterocycles. The molecule has 0 saturated carbocycles. The van der Waals surface area contributed by atoms with Gasteiger partial charge >= 0.3 is 6.09 Å². The van der Waals surface area contributed by atoms with Crippen LogP contribution in [-0.2, 0) is 9.22 Å². The first-order chi connectivity index (χ1) is 10.2. The van der Waals surface area contributed by atoms with Gasteiger partial charge in [0.2, 0.25) is 0 Å². The molecule has 2 N–H and O–H groups in total. The topological polar surface area (TPSA) is 75.6 Å². The molecule has 1 amide bonds. The van der Waals surface area contributed by atoms with Gasteiger partial charge in [-0.1, -0.05) is 40.4 Å². The number of aldehydes is 1. The van der Waals surface area contributed by atoms with Gasteiger partial charge in [-0.15, -0.1) is 11.5 Å². The van der Waals surface area contributed by atoms with E-state index in [2.05, 4.69) is 57.2 Å². The fourth-order valence-corrected chi connectivity index (χ4v) is 3.44. The third-order valence-corrected chi connectivity index (χ3v) is 9.26. The molecule has 0 aliphatic carbocycles. The van der Waals surface area contributed by atoms with E-state index in [1.165, 1.54) is 0 Å². The van der Waals surface area contributed by atoms with Gasteiger partial charge < -0.3 is 19.6 Å². The highest BCUT2D eigenvalue weighted by Gasteiger charge is 2.41. The molecular weight excluding hydrogens is 326 g/mol. The number of nitrogens with one attached hydrogen (secondary N) is 1. The Morgan fingerprint density at radius 1 is 1.26 bits per heavy atom. The summed E-state index contributed by atoms with van der Waals surface area (Å²) in [5, 5.41) is 11.4. The van der Waals surface area contributed by atoms with Crippen molar-refractivity contribution in [2.75, 3.05) is 0 Å². The van der Waals surface area contributed by atoms with E-state index in [-0.39, 0.29) is 11.5 Å². The van der Waals surface area contributed by atoms with Gasteiger partial charge in [0.25, 0.3) is 0 Å². The summed E-state index contributed by atoms with van der Waals surface area (Å²) in [7, 11) is -3.72. The molecule has 0 unspecified atom stereocenters. The fraction of sp³-hybridized carbons (Fsp3) is 0.750. The van der Waals surface area contributed by atoms with Crippen molar-refractivity contribution in [1.29, 1.82) is 0 Å². The molecule has 7 heteroatoms. The lowest BCUT2D eigenvalue weighted by Gasteiger charge is -2.39. The Bertz CT molecular complexity index is 481. The lowest BCUT2D eigenvalue weighted by molar-refractivity contribution is -0.115. The molecule has 2 atom stereocenters. The van der Waals surface area contributed by atoms with Gasteiger partial charge in [0.1, 0.15) is 20.5 Å². The number of hydrogen-bond donors (Lipinski definition) is 2. The zero-order valence-electron chi connectivity index (χ0n) is 15.6.